The van der Waals surface area contributed by atoms with Crippen LogP contribution in [0.2, 0.25) is 0 Å². The number of hydrogen-bond donors (Lipinski definition) is 1. The predicted octanol–water partition coefficient (Wildman–Crippen LogP) is 1.91. The molecule has 0 bridgehead atoms. The Labute approximate surface area is 100 Å². The fourth-order valence-electron chi connectivity index (χ4n) is 1.59. The van der Waals surface area contributed by atoms with Crippen LogP contribution in [0.4, 0.5) is 11.5 Å². The van der Waals surface area contributed by atoms with Crippen LogP contribution in [0.1, 0.15) is 17.1 Å². The highest BCUT2D eigenvalue weighted by molar-refractivity contribution is 5.50. The standard InChI is InChI=1S/C12H16N4O/c1-8-6-10(15-17-8)7-16(3)12-5-4-11(13)9(2)14-12/h4-6H,7,13H2,1-3H3. The minimum atomic E-state index is 0.660. The largest absolute Gasteiger partial charge is 0.397 e. The topological polar surface area (TPSA) is 68.2 Å². The number of aryl methyl sites for hydroxylation is 2. The molecule has 0 aliphatic rings. The van der Waals surface area contributed by atoms with Crippen molar-refractivity contribution in [3.05, 3.63) is 35.3 Å². The molecule has 0 saturated carbocycles. The first-order valence-electron chi connectivity index (χ1n) is 5.42. The second-order valence-electron chi connectivity index (χ2n) is 4.13. The van der Waals surface area contributed by atoms with Gasteiger partial charge in [0.1, 0.15) is 17.3 Å². The fraction of sp³-hybridized carbons (Fsp3) is 0.333. The summed E-state index contributed by atoms with van der Waals surface area (Å²) in [5.74, 6) is 1.69. The predicted molar refractivity (Wildman–Crippen MR) is 66.7 cm³/mol. The van der Waals surface area contributed by atoms with Gasteiger partial charge in [0.15, 0.2) is 0 Å². The zero-order valence-corrected chi connectivity index (χ0v) is 10.3. The molecule has 90 valence electrons. The summed E-state index contributed by atoms with van der Waals surface area (Å²) >= 11 is 0. The molecule has 0 aliphatic heterocycles. The molecule has 2 rings (SSSR count). The number of aromatic nitrogens is 2. The molecule has 5 nitrogen and oxygen atoms in total. The number of hydrogen-bond acceptors (Lipinski definition) is 5. The number of pyridine rings is 1. The summed E-state index contributed by atoms with van der Waals surface area (Å²) in [6.45, 7) is 4.43. The lowest BCUT2D eigenvalue weighted by molar-refractivity contribution is 0.390. The third kappa shape index (κ3) is 2.55. The van der Waals surface area contributed by atoms with Crippen LogP contribution < -0.4 is 10.6 Å². The number of nitrogen functional groups attached to an aromatic ring is 1. The third-order valence-corrected chi connectivity index (χ3v) is 2.58. The highest BCUT2D eigenvalue weighted by Crippen LogP contribution is 2.16. The molecule has 2 heterocycles. The average Bonchev–Trinajstić information content (AvgIpc) is 2.68. The first-order valence-corrected chi connectivity index (χ1v) is 5.42. The monoisotopic (exact) mass is 232 g/mol. The quantitative estimate of drug-likeness (QED) is 0.875. The van der Waals surface area contributed by atoms with Crippen molar-refractivity contribution in [3.8, 4) is 0 Å². The van der Waals surface area contributed by atoms with Crippen LogP contribution >= 0.6 is 0 Å². The lowest BCUT2D eigenvalue weighted by Crippen LogP contribution is -2.18. The summed E-state index contributed by atoms with van der Waals surface area (Å²) in [6, 6.07) is 5.68. The zero-order chi connectivity index (χ0) is 12.4. The van der Waals surface area contributed by atoms with E-state index < -0.39 is 0 Å². The Kier molecular flexibility index (Phi) is 2.99. The maximum absolute atomic E-state index is 5.74. The van der Waals surface area contributed by atoms with E-state index in [4.69, 9.17) is 10.3 Å². The smallest absolute Gasteiger partial charge is 0.133 e. The van der Waals surface area contributed by atoms with Gasteiger partial charge >= 0.3 is 0 Å². The van der Waals surface area contributed by atoms with Crippen LogP contribution in [-0.4, -0.2) is 17.2 Å². The number of nitrogens with two attached hydrogens (primary N) is 1. The van der Waals surface area contributed by atoms with Gasteiger partial charge in [0.05, 0.1) is 17.9 Å². The second-order valence-corrected chi connectivity index (χ2v) is 4.13. The lowest BCUT2D eigenvalue weighted by atomic mass is 10.3. The summed E-state index contributed by atoms with van der Waals surface area (Å²) in [4.78, 5) is 6.42. The number of anilines is 2. The van der Waals surface area contributed by atoms with E-state index in [0.29, 0.717) is 12.2 Å². The first kappa shape index (κ1) is 11.4. The molecule has 0 amide bonds. The molecule has 17 heavy (non-hydrogen) atoms. The summed E-state index contributed by atoms with van der Waals surface area (Å²) in [5, 5.41) is 3.95. The van der Waals surface area contributed by atoms with Gasteiger partial charge in [-0.3, -0.25) is 0 Å². The van der Waals surface area contributed by atoms with E-state index in [0.717, 1.165) is 23.0 Å². The molecule has 2 aromatic heterocycles. The van der Waals surface area contributed by atoms with E-state index in [1.165, 1.54) is 0 Å². The Morgan fingerprint density at radius 1 is 1.35 bits per heavy atom. The van der Waals surface area contributed by atoms with Crippen LogP contribution in [0.3, 0.4) is 0 Å². The Morgan fingerprint density at radius 2 is 2.12 bits per heavy atom. The Hall–Kier alpha value is -2.04. The molecule has 0 aromatic carbocycles. The molecule has 0 spiro atoms. The van der Waals surface area contributed by atoms with Crippen molar-refractivity contribution < 1.29 is 4.52 Å². The Morgan fingerprint density at radius 3 is 2.71 bits per heavy atom. The summed E-state index contributed by atoms with van der Waals surface area (Å²) < 4.78 is 5.03. The molecule has 0 saturated heterocycles. The van der Waals surface area contributed by atoms with E-state index in [9.17, 15) is 0 Å². The highest BCUT2D eigenvalue weighted by Gasteiger charge is 2.08. The van der Waals surface area contributed by atoms with Gasteiger partial charge in [-0.15, -0.1) is 0 Å². The van der Waals surface area contributed by atoms with E-state index in [1.54, 1.807) is 0 Å². The summed E-state index contributed by atoms with van der Waals surface area (Å²) in [7, 11) is 1.96. The Bertz CT molecular complexity index is 521. The van der Waals surface area contributed by atoms with Gasteiger partial charge in [-0.05, 0) is 26.0 Å². The zero-order valence-electron chi connectivity index (χ0n) is 10.3. The maximum Gasteiger partial charge on any atom is 0.133 e. The van der Waals surface area contributed by atoms with Crippen LogP contribution in [0.15, 0.2) is 22.7 Å². The van der Waals surface area contributed by atoms with Crippen LogP contribution in [0.25, 0.3) is 0 Å². The molecule has 0 aliphatic carbocycles. The van der Waals surface area contributed by atoms with Crippen LogP contribution in [-0.2, 0) is 6.54 Å². The van der Waals surface area contributed by atoms with E-state index >= 15 is 0 Å². The van der Waals surface area contributed by atoms with E-state index in [2.05, 4.69) is 10.1 Å². The van der Waals surface area contributed by atoms with Gasteiger partial charge < -0.3 is 15.2 Å². The van der Waals surface area contributed by atoms with Crippen molar-refractivity contribution in [2.45, 2.75) is 20.4 Å². The normalized spacial score (nSPS) is 10.5. The van der Waals surface area contributed by atoms with Crippen molar-refractivity contribution in [2.24, 2.45) is 0 Å². The summed E-state index contributed by atoms with van der Waals surface area (Å²) in [5.41, 5.74) is 8.17. The van der Waals surface area contributed by atoms with Crippen LogP contribution in [0.5, 0.6) is 0 Å². The van der Waals surface area contributed by atoms with E-state index in [1.807, 2.05) is 44.0 Å². The fourth-order valence-corrected chi connectivity index (χ4v) is 1.59. The third-order valence-electron chi connectivity index (χ3n) is 2.58. The SMILES string of the molecule is Cc1cc(CN(C)c2ccc(N)c(C)n2)no1. The van der Waals surface area contributed by atoms with Gasteiger partial charge in [-0.25, -0.2) is 4.98 Å². The van der Waals surface area contributed by atoms with Gasteiger partial charge in [0.25, 0.3) is 0 Å². The first-order chi connectivity index (χ1) is 8.06. The number of rotatable bonds is 3. The summed E-state index contributed by atoms with van der Waals surface area (Å²) in [6.07, 6.45) is 0. The van der Waals surface area contributed by atoms with Crippen molar-refractivity contribution >= 4 is 11.5 Å². The average molecular weight is 232 g/mol. The molecule has 0 atom stereocenters. The van der Waals surface area contributed by atoms with Gasteiger partial charge in [-0.1, -0.05) is 5.16 Å². The molecule has 5 heteroatoms. The Balaban J connectivity index is 2.14. The maximum atomic E-state index is 5.74. The van der Waals surface area contributed by atoms with Gasteiger partial charge in [-0.2, -0.15) is 0 Å². The van der Waals surface area contributed by atoms with Gasteiger partial charge in [0, 0.05) is 13.1 Å². The minimum Gasteiger partial charge on any atom is -0.397 e. The van der Waals surface area contributed by atoms with Crippen molar-refractivity contribution in [1.82, 2.24) is 10.1 Å². The minimum absolute atomic E-state index is 0.660. The highest BCUT2D eigenvalue weighted by atomic mass is 16.5. The molecule has 0 unspecified atom stereocenters. The second kappa shape index (κ2) is 4.45. The van der Waals surface area contributed by atoms with Crippen molar-refractivity contribution in [2.75, 3.05) is 17.7 Å². The molecule has 0 fully saturated rings. The molecule has 2 N–H and O–H groups in total. The van der Waals surface area contributed by atoms with Crippen LogP contribution in [0, 0.1) is 13.8 Å². The van der Waals surface area contributed by atoms with Crippen molar-refractivity contribution in [3.63, 3.8) is 0 Å². The number of nitrogens with zero attached hydrogens (tertiary/aromatic N) is 3. The van der Waals surface area contributed by atoms with Crippen molar-refractivity contribution in [1.29, 1.82) is 0 Å². The van der Waals surface area contributed by atoms with E-state index in [-0.39, 0.29) is 0 Å². The molecule has 0 radical (unpaired) electrons. The lowest BCUT2D eigenvalue weighted by Gasteiger charge is -2.17. The molecular weight excluding hydrogens is 216 g/mol. The molecule has 2 aromatic rings. The van der Waals surface area contributed by atoms with Gasteiger partial charge in [0.2, 0.25) is 0 Å². The molecular formula is C12H16N4O.